The maximum atomic E-state index is 12.1. The number of anilines is 1. The quantitative estimate of drug-likeness (QED) is 0.803. The normalized spacial score (nSPS) is 12.7. The molecule has 1 atom stereocenters. The molecule has 0 aromatic carbocycles. The molecular weight excluding hydrogens is 308 g/mol. The van der Waals surface area contributed by atoms with E-state index in [0.717, 1.165) is 12.8 Å². The first-order chi connectivity index (χ1) is 8.99. The molecule has 1 heterocycles. The lowest BCUT2D eigenvalue weighted by atomic mass is 10.1. The summed E-state index contributed by atoms with van der Waals surface area (Å²) in [5.74, 6) is 0.382. The predicted molar refractivity (Wildman–Crippen MR) is 82.4 cm³/mol. The number of nitrogens with one attached hydrogen (secondary N) is 1. The van der Waals surface area contributed by atoms with E-state index in [0.29, 0.717) is 29.2 Å². The minimum atomic E-state index is -0.106. The van der Waals surface area contributed by atoms with Crippen LogP contribution in [0, 0.1) is 5.92 Å². The number of aromatic nitrogens is 2. The molecule has 1 unspecified atom stereocenters. The van der Waals surface area contributed by atoms with Gasteiger partial charge in [-0.15, -0.1) is 0 Å². The maximum absolute atomic E-state index is 12.1. The summed E-state index contributed by atoms with van der Waals surface area (Å²) in [6.45, 7) is 7.38. The van der Waals surface area contributed by atoms with Crippen molar-refractivity contribution in [2.45, 2.75) is 46.2 Å². The predicted octanol–water partition coefficient (Wildman–Crippen LogP) is 2.20. The minimum Gasteiger partial charge on any atom is -0.379 e. The molecule has 3 N–H and O–H groups in total. The van der Waals surface area contributed by atoms with E-state index >= 15 is 0 Å². The Balaban J connectivity index is 2.92. The van der Waals surface area contributed by atoms with Gasteiger partial charge in [0.15, 0.2) is 0 Å². The van der Waals surface area contributed by atoms with Crippen molar-refractivity contribution in [2.75, 3.05) is 11.9 Å². The van der Waals surface area contributed by atoms with Crippen LogP contribution >= 0.6 is 15.9 Å². The van der Waals surface area contributed by atoms with Crippen LogP contribution in [0.5, 0.6) is 0 Å². The van der Waals surface area contributed by atoms with Gasteiger partial charge in [0, 0.05) is 19.1 Å². The highest BCUT2D eigenvalue weighted by Crippen LogP contribution is 2.18. The van der Waals surface area contributed by atoms with Crippen LogP contribution < -0.4 is 16.6 Å². The van der Waals surface area contributed by atoms with Gasteiger partial charge < -0.3 is 11.1 Å². The van der Waals surface area contributed by atoms with Crippen LogP contribution in [0.25, 0.3) is 0 Å². The molecule has 5 nitrogen and oxygen atoms in total. The fraction of sp³-hybridized carbons (Fsp3) is 0.692. The van der Waals surface area contributed by atoms with E-state index in [4.69, 9.17) is 5.73 Å². The fourth-order valence-corrected chi connectivity index (χ4v) is 2.28. The highest BCUT2D eigenvalue weighted by molar-refractivity contribution is 9.10. The van der Waals surface area contributed by atoms with Gasteiger partial charge in [0.2, 0.25) is 0 Å². The third-order valence-corrected chi connectivity index (χ3v) is 3.57. The van der Waals surface area contributed by atoms with Crippen molar-refractivity contribution in [1.82, 2.24) is 9.78 Å². The molecule has 0 aliphatic heterocycles. The van der Waals surface area contributed by atoms with Gasteiger partial charge >= 0.3 is 0 Å². The van der Waals surface area contributed by atoms with E-state index < -0.39 is 0 Å². The summed E-state index contributed by atoms with van der Waals surface area (Å²) >= 11 is 3.35. The molecule has 0 aliphatic rings. The first-order valence-corrected chi connectivity index (χ1v) is 7.51. The van der Waals surface area contributed by atoms with Gasteiger partial charge in [-0.1, -0.05) is 27.2 Å². The first-order valence-electron chi connectivity index (χ1n) is 6.71. The molecule has 0 saturated carbocycles. The molecule has 1 aromatic rings. The average molecular weight is 331 g/mol. The van der Waals surface area contributed by atoms with Gasteiger partial charge in [0.05, 0.1) is 11.9 Å². The SMILES string of the molecule is CCCC(CN)Nc1cnn(CC(C)C)c(=O)c1Br. The van der Waals surface area contributed by atoms with E-state index in [-0.39, 0.29) is 11.6 Å². The lowest BCUT2D eigenvalue weighted by molar-refractivity contribution is 0.462. The topological polar surface area (TPSA) is 72.9 Å². The summed E-state index contributed by atoms with van der Waals surface area (Å²) in [4.78, 5) is 12.1. The zero-order chi connectivity index (χ0) is 14.4. The number of halogens is 1. The van der Waals surface area contributed by atoms with Gasteiger partial charge in [-0.3, -0.25) is 4.79 Å². The van der Waals surface area contributed by atoms with E-state index in [1.54, 1.807) is 6.20 Å². The Kier molecular flexibility index (Phi) is 6.51. The van der Waals surface area contributed by atoms with E-state index in [2.05, 4.69) is 47.1 Å². The Hall–Kier alpha value is -0.880. The highest BCUT2D eigenvalue weighted by atomic mass is 79.9. The van der Waals surface area contributed by atoms with E-state index in [9.17, 15) is 4.79 Å². The van der Waals surface area contributed by atoms with Crippen LogP contribution in [0.15, 0.2) is 15.5 Å². The number of rotatable bonds is 7. The van der Waals surface area contributed by atoms with Gasteiger partial charge in [-0.2, -0.15) is 5.10 Å². The molecule has 0 fully saturated rings. The lowest BCUT2D eigenvalue weighted by Crippen LogP contribution is -2.31. The Morgan fingerprint density at radius 3 is 2.74 bits per heavy atom. The highest BCUT2D eigenvalue weighted by Gasteiger charge is 2.12. The van der Waals surface area contributed by atoms with Crippen molar-refractivity contribution in [2.24, 2.45) is 11.7 Å². The number of nitrogens with two attached hydrogens (primary N) is 1. The summed E-state index contributed by atoms with van der Waals surface area (Å²) in [6.07, 6.45) is 3.70. The molecule has 1 rings (SSSR count). The minimum absolute atomic E-state index is 0.106. The molecule has 0 radical (unpaired) electrons. The Morgan fingerprint density at radius 2 is 2.21 bits per heavy atom. The van der Waals surface area contributed by atoms with Crippen LogP contribution in [-0.4, -0.2) is 22.4 Å². The summed E-state index contributed by atoms with van der Waals surface area (Å²) in [6, 6.07) is 0.170. The molecule has 0 aliphatic carbocycles. The van der Waals surface area contributed by atoms with Crippen molar-refractivity contribution < 1.29 is 0 Å². The molecular formula is C13H23BrN4O. The molecule has 108 valence electrons. The van der Waals surface area contributed by atoms with E-state index in [1.165, 1.54) is 4.68 Å². The summed E-state index contributed by atoms with van der Waals surface area (Å²) in [7, 11) is 0. The monoisotopic (exact) mass is 330 g/mol. The lowest BCUT2D eigenvalue weighted by Gasteiger charge is -2.18. The largest absolute Gasteiger partial charge is 0.379 e. The van der Waals surface area contributed by atoms with Crippen molar-refractivity contribution >= 4 is 21.6 Å². The average Bonchev–Trinajstić information content (AvgIpc) is 2.37. The first kappa shape index (κ1) is 16.2. The number of nitrogens with zero attached hydrogens (tertiary/aromatic N) is 2. The standard InChI is InChI=1S/C13H23BrN4O/c1-4-5-10(6-15)17-11-7-16-18(8-9(2)3)13(19)12(11)14/h7,9-10,17H,4-6,8,15H2,1-3H3. The van der Waals surface area contributed by atoms with Crippen molar-refractivity contribution in [3.63, 3.8) is 0 Å². The third kappa shape index (κ3) is 4.62. The van der Waals surface area contributed by atoms with Gasteiger partial charge in [-0.05, 0) is 28.3 Å². The van der Waals surface area contributed by atoms with Gasteiger partial charge in [0.1, 0.15) is 4.47 Å². The maximum Gasteiger partial charge on any atom is 0.283 e. The van der Waals surface area contributed by atoms with Crippen LogP contribution in [0.1, 0.15) is 33.6 Å². The molecule has 0 bridgehead atoms. The number of hydrogen-bond acceptors (Lipinski definition) is 4. The van der Waals surface area contributed by atoms with Crippen LogP contribution in [-0.2, 0) is 6.54 Å². The molecule has 0 spiro atoms. The summed E-state index contributed by atoms with van der Waals surface area (Å²) in [5.41, 5.74) is 6.32. The molecule has 6 heteroatoms. The smallest absolute Gasteiger partial charge is 0.283 e. The van der Waals surface area contributed by atoms with Crippen LogP contribution in [0.2, 0.25) is 0 Å². The summed E-state index contributed by atoms with van der Waals surface area (Å²) < 4.78 is 2.01. The Labute approximate surface area is 122 Å². The molecule has 0 saturated heterocycles. The third-order valence-electron chi connectivity index (χ3n) is 2.80. The second-order valence-electron chi connectivity index (χ2n) is 5.12. The second-order valence-corrected chi connectivity index (χ2v) is 5.91. The van der Waals surface area contributed by atoms with Gasteiger partial charge in [-0.25, -0.2) is 4.68 Å². The van der Waals surface area contributed by atoms with Crippen molar-refractivity contribution in [3.05, 3.63) is 21.0 Å². The molecule has 19 heavy (non-hydrogen) atoms. The zero-order valence-corrected chi connectivity index (χ0v) is 13.4. The van der Waals surface area contributed by atoms with Crippen LogP contribution in [0.3, 0.4) is 0 Å². The second kappa shape index (κ2) is 7.65. The summed E-state index contributed by atoms with van der Waals surface area (Å²) in [5, 5.41) is 7.47. The molecule has 1 aromatic heterocycles. The van der Waals surface area contributed by atoms with Crippen molar-refractivity contribution in [1.29, 1.82) is 0 Å². The zero-order valence-electron chi connectivity index (χ0n) is 11.8. The Morgan fingerprint density at radius 1 is 1.53 bits per heavy atom. The Bertz CT molecular complexity index is 458. The molecule has 0 amide bonds. The van der Waals surface area contributed by atoms with Gasteiger partial charge in [0.25, 0.3) is 5.56 Å². The van der Waals surface area contributed by atoms with Crippen LogP contribution in [0.4, 0.5) is 5.69 Å². The fourth-order valence-electron chi connectivity index (χ4n) is 1.86. The number of hydrogen-bond donors (Lipinski definition) is 2. The van der Waals surface area contributed by atoms with E-state index in [1.807, 2.05) is 0 Å². The van der Waals surface area contributed by atoms with Crippen molar-refractivity contribution in [3.8, 4) is 0 Å².